The van der Waals surface area contributed by atoms with Gasteiger partial charge in [-0.05, 0) is 11.6 Å². The van der Waals surface area contributed by atoms with Crippen molar-refractivity contribution in [3.8, 4) is 0 Å². The van der Waals surface area contributed by atoms with Crippen molar-refractivity contribution < 1.29 is 0 Å². The first kappa shape index (κ1) is 7.49. The summed E-state index contributed by atoms with van der Waals surface area (Å²) in [6.45, 7) is 1.93. The summed E-state index contributed by atoms with van der Waals surface area (Å²) in [7, 11) is 1.85. The minimum atomic E-state index is 0.845. The Kier molecular flexibility index (Phi) is 1.91. The molecule has 0 saturated carbocycles. The molecule has 0 aliphatic carbocycles. The third-order valence-corrected chi connectivity index (χ3v) is 2.07. The zero-order chi connectivity index (χ0) is 8.39. The van der Waals surface area contributed by atoms with Crippen molar-refractivity contribution >= 4 is 5.82 Å². The zero-order valence-corrected chi connectivity index (χ0v) is 7.09. The molecule has 0 fully saturated rings. The normalized spacial score (nSPS) is 15.4. The molecule has 4 heteroatoms. The van der Waals surface area contributed by atoms with Crippen molar-refractivity contribution in [2.45, 2.75) is 13.0 Å². The molecule has 0 amide bonds. The molecule has 0 radical (unpaired) electrons. The Bertz CT molecular complexity index is 284. The first-order valence-corrected chi connectivity index (χ1v) is 4.14. The number of fused-ring (bicyclic) bond motifs is 1. The summed E-state index contributed by atoms with van der Waals surface area (Å²) in [5.41, 5.74) is 2.40. The third kappa shape index (κ3) is 1.25. The molecule has 12 heavy (non-hydrogen) atoms. The standard InChI is InChI=1S/C8H12N4/c1-9-8-4-6-5-10-3-2-7(6)11-12-8/h4,10H,2-3,5H2,1H3,(H,9,12). The van der Waals surface area contributed by atoms with E-state index in [2.05, 4.69) is 26.9 Å². The minimum absolute atomic E-state index is 0.845. The maximum atomic E-state index is 4.14. The number of aromatic nitrogens is 2. The van der Waals surface area contributed by atoms with E-state index < -0.39 is 0 Å². The molecule has 0 spiro atoms. The van der Waals surface area contributed by atoms with E-state index in [1.165, 1.54) is 5.56 Å². The van der Waals surface area contributed by atoms with Crippen LogP contribution < -0.4 is 10.6 Å². The molecule has 1 aromatic heterocycles. The number of rotatable bonds is 1. The van der Waals surface area contributed by atoms with Crippen molar-refractivity contribution in [1.29, 1.82) is 0 Å². The molecule has 1 aliphatic heterocycles. The van der Waals surface area contributed by atoms with Crippen LogP contribution in [0.1, 0.15) is 11.3 Å². The summed E-state index contributed by atoms with van der Waals surface area (Å²) >= 11 is 0. The van der Waals surface area contributed by atoms with Crippen molar-refractivity contribution in [2.75, 3.05) is 18.9 Å². The Balaban J connectivity index is 2.36. The van der Waals surface area contributed by atoms with Crippen LogP contribution in [0.4, 0.5) is 5.82 Å². The van der Waals surface area contributed by atoms with Crippen molar-refractivity contribution in [3.63, 3.8) is 0 Å². The van der Waals surface area contributed by atoms with Crippen LogP contribution in [0.25, 0.3) is 0 Å². The van der Waals surface area contributed by atoms with Gasteiger partial charge in [0.2, 0.25) is 0 Å². The van der Waals surface area contributed by atoms with Crippen LogP contribution in [0.2, 0.25) is 0 Å². The fraction of sp³-hybridized carbons (Fsp3) is 0.500. The lowest BCUT2D eigenvalue weighted by Gasteiger charge is -2.15. The first-order chi connectivity index (χ1) is 5.90. The quantitative estimate of drug-likeness (QED) is 0.621. The van der Waals surface area contributed by atoms with Gasteiger partial charge in [0.25, 0.3) is 0 Å². The zero-order valence-electron chi connectivity index (χ0n) is 7.09. The van der Waals surface area contributed by atoms with Gasteiger partial charge in [-0.25, -0.2) is 0 Å². The molecule has 4 nitrogen and oxygen atoms in total. The smallest absolute Gasteiger partial charge is 0.148 e. The molecule has 0 aromatic carbocycles. The molecule has 0 atom stereocenters. The lowest BCUT2D eigenvalue weighted by molar-refractivity contribution is 0.621. The Morgan fingerprint density at radius 1 is 1.50 bits per heavy atom. The van der Waals surface area contributed by atoms with E-state index in [4.69, 9.17) is 0 Å². The van der Waals surface area contributed by atoms with Crippen LogP contribution in [0.15, 0.2) is 6.07 Å². The average Bonchev–Trinajstić information content (AvgIpc) is 2.17. The first-order valence-electron chi connectivity index (χ1n) is 4.14. The highest BCUT2D eigenvalue weighted by molar-refractivity contribution is 5.38. The largest absolute Gasteiger partial charge is 0.372 e. The van der Waals surface area contributed by atoms with E-state index in [0.717, 1.165) is 31.0 Å². The second-order valence-electron chi connectivity index (χ2n) is 2.88. The van der Waals surface area contributed by atoms with E-state index in [-0.39, 0.29) is 0 Å². The van der Waals surface area contributed by atoms with Gasteiger partial charge < -0.3 is 10.6 Å². The molecule has 0 saturated heterocycles. The van der Waals surface area contributed by atoms with E-state index >= 15 is 0 Å². The summed E-state index contributed by atoms with van der Waals surface area (Å²) in [6, 6.07) is 2.05. The molecule has 0 bridgehead atoms. The predicted octanol–water partition coefficient (Wildman–Crippen LogP) is 0.164. The van der Waals surface area contributed by atoms with Gasteiger partial charge in [-0.1, -0.05) is 0 Å². The third-order valence-electron chi connectivity index (χ3n) is 2.07. The highest BCUT2D eigenvalue weighted by Crippen LogP contribution is 2.12. The molecule has 2 heterocycles. The van der Waals surface area contributed by atoms with Crippen molar-refractivity contribution in [1.82, 2.24) is 15.5 Å². The van der Waals surface area contributed by atoms with Crippen molar-refractivity contribution in [3.05, 3.63) is 17.3 Å². The summed E-state index contributed by atoms with van der Waals surface area (Å²) in [4.78, 5) is 0. The van der Waals surface area contributed by atoms with Crippen LogP contribution in [0.3, 0.4) is 0 Å². The molecular weight excluding hydrogens is 152 g/mol. The number of anilines is 1. The van der Waals surface area contributed by atoms with E-state index in [0.29, 0.717) is 0 Å². The van der Waals surface area contributed by atoms with Crippen LogP contribution in [0.5, 0.6) is 0 Å². The molecule has 1 aromatic rings. The molecule has 2 rings (SSSR count). The molecular formula is C8H12N4. The second kappa shape index (κ2) is 3.06. The maximum absolute atomic E-state index is 4.14. The van der Waals surface area contributed by atoms with Gasteiger partial charge in [-0.2, -0.15) is 5.10 Å². The van der Waals surface area contributed by atoms with Gasteiger partial charge in [0.05, 0.1) is 5.69 Å². The number of nitrogens with one attached hydrogen (secondary N) is 2. The molecule has 2 N–H and O–H groups in total. The van der Waals surface area contributed by atoms with Gasteiger partial charge in [-0.15, -0.1) is 5.10 Å². The lowest BCUT2D eigenvalue weighted by Crippen LogP contribution is -2.25. The van der Waals surface area contributed by atoms with Gasteiger partial charge in [-0.3, -0.25) is 0 Å². The Morgan fingerprint density at radius 2 is 2.42 bits per heavy atom. The SMILES string of the molecule is CNc1cc2c(nn1)CCNC2. The fourth-order valence-corrected chi connectivity index (χ4v) is 1.37. The Hall–Kier alpha value is -1.16. The van der Waals surface area contributed by atoms with E-state index in [9.17, 15) is 0 Å². The molecule has 1 aliphatic rings. The van der Waals surface area contributed by atoms with Gasteiger partial charge >= 0.3 is 0 Å². The number of hydrogen-bond donors (Lipinski definition) is 2. The average molecular weight is 164 g/mol. The molecule has 0 unspecified atom stereocenters. The molecule has 64 valence electrons. The van der Waals surface area contributed by atoms with E-state index in [1.807, 2.05) is 7.05 Å². The Morgan fingerprint density at radius 3 is 3.25 bits per heavy atom. The highest BCUT2D eigenvalue weighted by Gasteiger charge is 2.10. The van der Waals surface area contributed by atoms with Crippen LogP contribution >= 0.6 is 0 Å². The highest BCUT2D eigenvalue weighted by atomic mass is 15.2. The monoisotopic (exact) mass is 164 g/mol. The summed E-state index contributed by atoms with van der Waals surface area (Å²) in [5.74, 6) is 0.845. The van der Waals surface area contributed by atoms with Crippen LogP contribution in [-0.2, 0) is 13.0 Å². The predicted molar refractivity (Wildman–Crippen MR) is 47.0 cm³/mol. The van der Waals surface area contributed by atoms with Crippen LogP contribution in [-0.4, -0.2) is 23.8 Å². The van der Waals surface area contributed by atoms with Crippen molar-refractivity contribution in [2.24, 2.45) is 0 Å². The van der Waals surface area contributed by atoms with Gasteiger partial charge in [0.1, 0.15) is 5.82 Å². The fourth-order valence-electron chi connectivity index (χ4n) is 1.37. The Labute approximate surface area is 71.4 Å². The van der Waals surface area contributed by atoms with Crippen LogP contribution in [0, 0.1) is 0 Å². The topological polar surface area (TPSA) is 49.8 Å². The van der Waals surface area contributed by atoms with Gasteiger partial charge in [0, 0.05) is 26.6 Å². The number of nitrogens with zero attached hydrogens (tertiary/aromatic N) is 2. The second-order valence-corrected chi connectivity index (χ2v) is 2.88. The summed E-state index contributed by atoms with van der Waals surface area (Å²) < 4.78 is 0. The summed E-state index contributed by atoms with van der Waals surface area (Å²) in [6.07, 6.45) is 0.992. The lowest BCUT2D eigenvalue weighted by atomic mass is 10.1. The van der Waals surface area contributed by atoms with Gasteiger partial charge in [0.15, 0.2) is 0 Å². The summed E-state index contributed by atoms with van der Waals surface area (Å²) in [5, 5.41) is 14.4. The van der Waals surface area contributed by atoms with E-state index in [1.54, 1.807) is 0 Å². The maximum Gasteiger partial charge on any atom is 0.148 e. The number of hydrogen-bond acceptors (Lipinski definition) is 4. The minimum Gasteiger partial charge on any atom is -0.372 e.